The molecule has 1 aliphatic rings. The second kappa shape index (κ2) is 5.27. The van der Waals surface area contributed by atoms with Crippen molar-refractivity contribution in [3.63, 3.8) is 0 Å². The van der Waals surface area contributed by atoms with Crippen molar-refractivity contribution in [3.05, 3.63) is 29.8 Å². The molecule has 1 heterocycles. The lowest BCUT2D eigenvalue weighted by Gasteiger charge is -2.14. The molecule has 6 heteroatoms. The van der Waals surface area contributed by atoms with E-state index in [0.29, 0.717) is 5.75 Å². The van der Waals surface area contributed by atoms with Gasteiger partial charge in [0.15, 0.2) is 0 Å². The van der Waals surface area contributed by atoms with Crippen LogP contribution in [0, 0.1) is 5.92 Å². The third kappa shape index (κ3) is 2.39. The lowest BCUT2D eigenvalue weighted by atomic mass is 9.88. The van der Waals surface area contributed by atoms with E-state index in [1.807, 2.05) is 0 Å². The highest BCUT2D eigenvalue weighted by Gasteiger charge is 2.46. The number of carboxylic acid groups (broad SMARTS) is 1. The molecule has 1 saturated heterocycles. The number of benzene rings is 1. The normalized spacial score (nSPS) is 22.6. The molecule has 1 fully saturated rings. The molecular weight excluding hydrogens is 250 g/mol. The summed E-state index contributed by atoms with van der Waals surface area (Å²) in [5.41, 5.74) is 0.779. The maximum absolute atomic E-state index is 11.9. The highest BCUT2D eigenvalue weighted by Crippen LogP contribution is 2.34. The first-order valence-electron chi connectivity index (χ1n) is 5.80. The summed E-state index contributed by atoms with van der Waals surface area (Å²) >= 11 is 0. The van der Waals surface area contributed by atoms with Crippen LogP contribution in [0.5, 0.6) is 5.75 Å². The summed E-state index contributed by atoms with van der Waals surface area (Å²) in [4.78, 5) is 28.0. The van der Waals surface area contributed by atoms with Crippen LogP contribution in [0.4, 0.5) is 0 Å². The Bertz CT molecular complexity index is 484. The van der Waals surface area contributed by atoms with Crippen molar-refractivity contribution in [2.24, 2.45) is 5.92 Å². The first kappa shape index (κ1) is 13.4. The van der Waals surface area contributed by atoms with Crippen molar-refractivity contribution in [3.8, 4) is 5.75 Å². The van der Waals surface area contributed by atoms with Crippen LogP contribution in [0.3, 0.4) is 0 Å². The average molecular weight is 265 g/mol. The van der Waals surface area contributed by atoms with Crippen LogP contribution in [0.1, 0.15) is 11.5 Å². The molecule has 19 heavy (non-hydrogen) atoms. The van der Waals surface area contributed by atoms with Gasteiger partial charge in [0.1, 0.15) is 11.7 Å². The predicted molar refractivity (Wildman–Crippen MR) is 65.6 cm³/mol. The molecule has 1 aliphatic heterocycles. The average Bonchev–Trinajstić information content (AvgIpc) is 2.76. The Labute approximate surface area is 110 Å². The van der Waals surface area contributed by atoms with Crippen molar-refractivity contribution >= 4 is 11.9 Å². The number of carbonyl (C=O) groups is 2. The third-order valence-corrected chi connectivity index (χ3v) is 3.31. The van der Waals surface area contributed by atoms with E-state index in [1.165, 1.54) is 7.11 Å². The van der Waals surface area contributed by atoms with Gasteiger partial charge in [0.2, 0.25) is 0 Å². The van der Waals surface area contributed by atoms with Gasteiger partial charge in [-0.3, -0.25) is 14.4 Å². The fraction of sp³-hybridized carbons (Fsp3) is 0.385. The van der Waals surface area contributed by atoms with Crippen molar-refractivity contribution < 1.29 is 24.3 Å². The quantitative estimate of drug-likeness (QED) is 0.818. The van der Waals surface area contributed by atoms with Crippen LogP contribution < -0.4 is 4.74 Å². The second-order valence-electron chi connectivity index (χ2n) is 4.28. The van der Waals surface area contributed by atoms with Gasteiger partial charge in [-0.05, 0) is 17.7 Å². The van der Waals surface area contributed by atoms with Crippen LogP contribution >= 0.6 is 0 Å². The van der Waals surface area contributed by atoms with Gasteiger partial charge >= 0.3 is 5.97 Å². The minimum atomic E-state index is -1.13. The number of amides is 1. The smallest absolute Gasteiger partial charge is 0.316 e. The van der Waals surface area contributed by atoms with Crippen molar-refractivity contribution in [2.75, 3.05) is 20.8 Å². The summed E-state index contributed by atoms with van der Waals surface area (Å²) in [5.74, 6) is -2.49. The number of ether oxygens (including phenoxy) is 1. The van der Waals surface area contributed by atoms with Gasteiger partial charge in [-0.1, -0.05) is 12.1 Å². The standard InChI is InChI=1S/C13H15NO5/c1-18-9-5-3-8(4-6-9)10-7-14(19-2)12(15)11(10)13(16)17/h3-6,10-11H,7H2,1-2H3,(H,16,17)/t10-,11-/m1/s1. The summed E-state index contributed by atoms with van der Waals surface area (Å²) in [5, 5.41) is 10.3. The van der Waals surface area contributed by atoms with Gasteiger partial charge in [0.25, 0.3) is 5.91 Å². The Morgan fingerprint density at radius 2 is 1.95 bits per heavy atom. The molecular formula is C13H15NO5. The van der Waals surface area contributed by atoms with Crippen LogP contribution in [0.15, 0.2) is 24.3 Å². The number of hydrogen-bond acceptors (Lipinski definition) is 4. The summed E-state index contributed by atoms with van der Waals surface area (Å²) in [6, 6.07) is 7.03. The Morgan fingerprint density at radius 3 is 2.42 bits per heavy atom. The molecule has 0 aromatic heterocycles. The zero-order valence-corrected chi connectivity index (χ0v) is 10.7. The molecule has 102 valence electrons. The summed E-state index contributed by atoms with van der Waals surface area (Å²) in [6.45, 7) is 0.235. The molecule has 0 saturated carbocycles. The van der Waals surface area contributed by atoms with E-state index in [-0.39, 0.29) is 6.54 Å². The molecule has 6 nitrogen and oxygen atoms in total. The maximum atomic E-state index is 11.9. The van der Waals surface area contributed by atoms with Gasteiger partial charge in [0.05, 0.1) is 20.8 Å². The van der Waals surface area contributed by atoms with Crippen LogP contribution in [-0.4, -0.2) is 42.8 Å². The first-order valence-corrected chi connectivity index (χ1v) is 5.80. The molecule has 0 bridgehead atoms. The fourth-order valence-electron chi connectivity index (χ4n) is 2.29. The second-order valence-corrected chi connectivity index (χ2v) is 4.28. The topological polar surface area (TPSA) is 76.1 Å². The number of hydroxylamine groups is 2. The van der Waals surface area contributed by atoms with Gasteiger partial charge < -0.3 is 9.84 Å². The SMILES string of the molecule is COc1ccc([C@H]2CN(OC)C(=O)[C@@H]2C(=O)O)cc1. The summed E-state index contributed by atoms with van der Waals surface area (Å²) in [6.07, 6.45) is 0. The molecule has 0 spiro atoms. The van der Waals surface area contributed by atoms with Gasteiger partial charge in [-0.15, -0.1) is 0 Å². The Kier molecular flexibility index (Phi) is 3.71. The lowest BCUT2D eigenvalue weighted by molar-refractivity contribution is -0.172. The molecule has 1 amide bonds. The fourth-order valence-corrected chi connectivity index (χ4v) is 2.29. The maximum Gasteiger partial charge on any atom is 0.316 e. The predicted octanol–water partition coefficient (Wildman–Crippen LogP) is 0.883. The molecule has 1 aromatic carbocycles. The van der Waals surface area contributed by atoms with Crippen molar-refractivity contribution in [1.82, 2.24) is 5.06 Å². The molecule has 0 unspecified atom stereocenters. The van der Waals surface area contributed by atoms with E-state index in [0.717, 1.165) is 10.6 Å². The Morgan fingerprint density at radius 1 is 1.32 bits per heavy atom. The molecule has 2 atom stereocenters. The first-order chi connectivity index (χ1) is 9.08. The van der Waals surface area contributed by atoms with E-state index in [2.05, 4.69) is 0 Å². The zero-order valence-electron chi connectivity index (χ0n) is 10.7. The number of hydrogen-bond donors (Lipinski definition) is 1. The van der Waals surface area contributed by atoms with Crippen LogP contribution in [-0.2, 0) is 14.4 Å². The number of carbonyl (C=O) groups excluding carboxylic acids is 1. The minimum absolute atomic E-state index is 0.235. The number of rotatable bonds is 4. The number of methoxy groups -OCH3 is 1. The van der Waals surface area contributed by atoms with Crippen molar-refractivity contribution in [2.45, 2.75) is 5.92 Å². The largest absolute Gasteiger partial charge is 0.497 e. The van der Waals surface area contributed by atoms with E-state index in [4.69, 9.17) is 9.57 Å². The highest BCUT2D eigenvalue weighted by atomic mass is 16.7. The molecule has 0 radical (unpaired) electrons. The van der Waals surface area contributed by atoms with Crippen LogP contribution in [0.2, 0.25) is 0 Å². The minimum Gasteiger partial charge on any atom is -0.497 e. The summed E-state index contributed by atoms with van der Waals surface area (Å²) in [7, 11) is 2.91. The van der Waals surface area contributed by atoms with Gasteiger partial charge in [-0.2, -0.15) is 0 Å². The Balaban J connectivity index is 2.30. The van der Waals surface area contributed by atoms with Gasteiger partial charge in [-0.25, -0.2) is 5.06 Å². The highest BCUT2D eigenvalue weighted by molar-refractivity contribution is 5.99. The molecule has 2 rings (SSSR count). The van der Waals surface area contributed by atoms with E-state index in [9.17, 15) is 14.7 Å². The molecule has 1 aromatic rings. The van der Waals surface area contributed by atoms with E-state index < -0.39 is 23.7 Å². The molecule has 1 N–H and O–H groups in total. The number of nitrogens with zero attached hydrogens (tertiary/aromatic N) is 1. The molecule has 0 aliphatic carbocycles. The number of carboxylic acids is 1. The third-order valence-electron chi connectivity index (χ3n) is 3.31. The van der Waals surface area contributed by atoms with Crippen molar-refractivity contribution in [1.29, 1.82) is 0 Å². The van der Waals surface area contributed by atoms with E-state index in [1.54, 1.807) is 31.4 Å². The van der Waals surface area contributed by atoms with Gasteiger partial charge in [0, 0.05) is 5.92 Å². The number of aliphatic carboxylic acids is 1. The Hall–Kier alpha value is -2.08. The summed E-state index contributed by atoms with van der Waals surface area (Å²) < 4.78 is 5.05. The lowest BCUT2D eigenvalue weighted by Crippen LogP contribution is -2.29. The van der Waals surface area contributed by atoms with Crippen LogP contribution in [0.25, 0.3) is 0 Å². The zero-order chi connectivity index (χ0) is 14.0. The monoisotopic (exact) mass is 265 g/mol. The van der Waals surface area contributed by atoms with E-state index >= 15 is 0 Å².